The van der Waals surface area contributed by atoms with Gasteiger partial charge in [-0.1, -0.05) is 0 Å². The molecule has 1 saturated heterocycles. The molecule has 0 radical (unpaired) electrons. The molecule has 5 atom stereocenters. The molecule has 0 aliphatic carbocycles. The van der Waals surface area contributed by atoms with E-state index < -0.39 is 128 Å². The third-order valence-corrected chi connectivity index (χ3v) is 6.65. The standard InChI is InChI=1S/C25H25F17O10/c1-9(43)48-8-13-14(49-10(2)44)15(50-11(3)45)16(51-12(4)46)17(52-13)47-7-5-6-18(26,27)19(28,29)20(30,31)21(32,33)22(34,35)23(36,37)24(38,39)25(40,41)42/h13-17H,5-8H2,1-4H3/t13-,14-,15+,16-,17-/m1/s1. The van der Waals surface area contributed by atoms with Gasteiger partial charge >= 0.3 is 71.5 Å². The molecule has 0 aromatic heterocycles. The van der Waals surface area contributed by atoms with Gasteiger partial charge in [0, 0.05) is 34.1 Å². The summed E-state index contributed by atoms with van der Waals surface area (Å²) in [6.45, 7) is 0.704. The lowest BCUT2D eigenvalue weighted by Crippen LogP contribution is -2.74. The predicted octanol–water partition coefficient (Wildman–Crippen LogP) is 5.88. The Morgan fingerprint density at radius 2 is 0.904 bits per heavy atom. The summed E-state index contributed by atoms with van der Waals surface area (Å²) in [7, 11) is 0. The summed E-state index contributed by atoms with van der Waals surface area (Å²) in [6.07, 6.45) is -22.4. The van der Waals surface area contributed by atoms with Crippen LogP contribution in [-0.4, -0.2) is 115 Å². The Labute approximate surface area is 279 Å². The Kier molecular flexibility index (Phi) is 13.9. The van der Waals surface area contributed by atoms with E-state index in [1.54, 1.807) is 0 Å². The van der Waals surface area contributed by atoms with Crippen LogP contribution in [0.2, 0.25) is 0 Å². The van der Waals surface area contributed by atoms with E-state index in [0.29, 0.717) is 6.92 Å². The maximum Gasteiger partial charge on any atom is 0.460 e. The van der Waals surface area contributed by atoms with Gasteiger partial charge in [-0.3, -0.25) is 19.2 Å². The van der Waals surface area contributed by atoms with E-state index in [0.717, 1.165) is 20.8 Å². The lowest BCUT2D eigenvalue weighted by atomic mass is 9.88. The zero-order chi connectivity index (χ0) is 41.3. The molecule has 0 spiro atoms. The van der Waals surface area contributed by atoms with Crippen molar-refractivity contribution in [1.29, 1.82) is 0 Å². The summed E-state index contributed by atoms with van der Waals surface area (Å²) >= 11 is 0. The number of halogens is 17. The van der Waals surface area contributed by atoms with Gasteiger partial charge in [0.25, 0.3) is 0 Å². The largest absolute Gasteiger partial charge is 0.463 e. The van der Waals surface area contributed by atoms with Crippen molar-refractivity contribution in [2.24, 2.45) is 0 Å². The molecule has 1 heterocycles. The Bertz CT molecular complexity index is 1300. The SMILES string of the molecule is CC(=O)OC[C@H]1O[C@@H](OCCCC(F)(F)C(F)(F)C(F)(F)C(F)(F)C(F)(F)C(F)(F)C(F)(F)C(F)(F)F)[C@H](OC(C)=O)[C@@H](OC(C)=O)[C@@H]1OC(C)=O. The van der Waals surface area contributed by atoms with Crippen molar-refractivity contribution in [1.82, 2.24) is 0 Å². The average molecular weight is 808 g/mol. The number of hydrogen-bond donors (Lipinski definition) is 0. The van der Waals surface area contributed by atoms with E-state index in [4.69, 9.17) is 23.7 Å². The van der Waals surface area contributed by atoms with Crippen molar-refractivity contribution in [3.05, 3.63) is 0 Å². The molecule has 1 rings (SSSR count). The van der Waals surface area contributed by atoms with Crippen molar-refractivity contribution in [3.8, 4) is 0 Å². The topological polar surface area (TPSA) is 124 Å². The van der Waals surface area contributed by atoms with E-state index in [2.05, 4.69) is 4.74 Å². The van der Waals surface area contributed by atoms with Gasteiger partial charge in [-0.2, -0.15) is 74.6 Å². The summed E-state index contributed by atoms with van der Waals surface area (Å²) in [4.78, 5) is 46.5. The number of carbonyl (C=O) groups excluding carboxylic acids is 4. The lowest BCUT2D eigenvalue weighted by Gasteiger charge is -2.44. The van der Waals surface area contributed by atoms with E-state index in [9.17, 15) is 93.8 Å². The fourth-order valence-electron chi connectivity index (χ4n) is 4.17. The van der Waals surface area contributed by atoms with E-state index in [1.807, 2.05) is 0 Å². The van der Waals surface area contributed by atoms with Crippen LogP contribution >= 0.6 is 0 Å². The zero-order valence-corrected chi connectivity index (χ0v) is 26.2. The van der Waals surface area contributed by atoms with Gasteiger partial charge in [0.1, 0.15) is 12.7 Å². The molecule has 27 heteroatoms. The van der Waals surface area contributed by atoms with Gasteiger partial charge < -0.3 is 28.4 Å². The first-order chi connectivity index (χ1) is 23.0. The Morgan fingerprint density at radius 1 is 0.519 bits per heavy atom. The summed E-state index contributed by atoms with van der Waals surface area (Å²) in [5.41, 5.74) is 0. The predicted molar refractivity (Wildman–Crippen MR) is 128 cm³/mol. The van der Waals surface area contributed by atoms with Gasteiger partial charge in [-0.15, -0.1) is 0 Å². The van der Waals surface area contributed by atoms with Gasteiger partial charge in [-0.05, 0) is 6.42 Å². The average Bonchev–Trinajstić information content (AvgIpc) is 2.95. The summed E-state index contributed by atoms with van der Waals surface area (Å²) < 4.78 is 260. The first-order valence-electron chi connectivity index (χ1n) is 13.7. The maximum absolute atomic E-state index is 14.3. The molecule has 1 aliphatic heterocycles. The highest BCUT2D eigenvalue weighted by molar-refractivity contribution is 5.68. The van der Waals surface area contributed by atoms with Crippen LogP contribution in [0.4, 0.5) is 74.6 Å². The molecule has 1 aliphatic rings. The first-order valence-corrected chi connectivity index (χ1v) is 13.7. The molecule has 0 aromatic carbocycles. The van der Waals surface area contributed by atoms with Gasteiger partial charge in [-0.25, -0.2) is 0 Å². The van der Waals surface area contributed by atoms with Gasteiger partial charge in [0.15, 0.2) is 24.6 Å². The molecule has 0 saturated carbocycles. The number of rotatable bonds is 16. The Balaban J connectivity index is 3.41. The number of carbonyl (C=O) groups is 4. The third kappa shape index (κ3) is 8.86. The van der Waals surface area contributed by atoms with Crippen molar-refractivity contribution in [2.75, 3.05) is 13.2 Å². The van der Waals surface area contributed by atoms with Crippen LogP contribution in [0.15, 0.2) is 0 Å². The van der Waals surface area contributed by atoms with E-state index in [1.165, 1.54) is 0 Å². The number of esters is 4. The second kappa shape index (κ2) is 15.5. The highest BCUT2D eigenvalue weighted by Gasteiger charge is 2.95. The van der Waals surface area contributed by atoms with Crippen LogP contribution in [0, 0.1) is 0 Å². The van der Waals surface area contributed by atoms with Crippen LogP contribution in [0.5, 0.6) is 0 Å². The number of hydrogen-bond acceptors (Lipinski definition) is 10. The monoisotopic (exact) mass is 808 g/mol. The molecule has 0 unspecified atom stereocenters. The first kappa shape index (κ1) is 46.6. The Morgan fingerprint density at radius 3 is 1.31 bits per heavy atom. The molecule has 304 valence electrons. The van der Waals surface area contributed by atoms with Crippen LogP contribution in [0.1, 0.15) is 40.5 Å². The lowest BCUT2D eigenvalue weighted by molar-refractivity contribution is -0.461. The van der Waals surface area contributed by atoms with Gasteiger partial charge in [0.05, 0.1) is 6.61 Å². The molecule has 0 bridgehead atoms. The maximum atomic E-state index is 14.3. The number of alkyl halides is 17. The highest BCUT2D eigenvalue weighted by atomic mass is 19.4. The summed E-state index contributed by atoms with van der Waals surface area (Å²) in [5, 5.41) is 0. The second-order valence-electron chi connectivity index (χ2n) is 10.7. The van der Waals surface area contributed by atoms with Crippen molar-refractivity contribution < 1.29 is 122 Å². The van der Waals surface area contributed by atoms with Crippen molar-refractivity contribution in [2.45, 2.75) is 119 Å². The summed E-state index contributed by atoms with van der Waals surface area (Å²) in [5.74, 6) is -62.2. The second-order valence-corrected chi connectivity index (χ2v) is 10.7. The van der Waals surface area contributed by atoms with Crippen molar-refractivity contribution >= 4 is 23.9 Å². The third-order valence-electron chi connectivity index (χ3n) is 6.65. The van der Waals surface area contributed by atoms with Crippen LogP contribution in [-0.2, 0) is 47.6 Å². The van der Waals surface area contributed by atoms with Crippen LogP contribution < -0.4 is 0 Å². The molecule has 0 amide bonds. The molecule has 10 nitrogen and oxygen atoms in total. The molecular formula is C25H25F17O10. The quantitative estimate of drug-likeness (QED) is 0.0810. The normalized spacial score (nSPS) is 22.8. The summed E-state index contributed by atoms with van der Waals surface area (Å²) in [6, 6.07) is 0. The van der Waals surface area contributed by atoms with Crippen molar-refractivity contribution in [3.63, 3.8) is 0 Å². The molecule has 1 fully saturated rings. The van der Waals surface area contributed by atoms with Crippen LogP contribution in [0.25, 0.3) is 0 Å². The van der Waals surface area contributed by atoms with Gasteiger partial charge in [0.2, 0.25) is 0 Å². The number of ether oxygens (including phenoxy) is 6. The zero-order valence-electron chi connectivity index (χ0n) is 26.2. The fraction of sp³-hybridized carbons (Fsp3) is 0.840. The van der Waals surface area contributed by atoms with E-state index >= 15 is 0 Å². The van der Waals surface area contributed by atoms with Crippen LogP contribution in [0.3, 0.4) is 0 Å². The Hall–Kier alpha value is -3.39. The minimum Gasteiger partial charge on any atom is -0.463 e. The van der Waals surface area contributed by atoms with E-state index in [-0.39, 0.29) is 0 Å². The highest BCUT2D eigenvalue weighted by Crippen LogP contribution is 2.64. The minimum absolute atomic E-state index is 0.704. The molecular weight excluding hydrogens is 783 g/mol. The fourth-order valence-corrected chi connectivity index (χ4v) is 4.17. The molecule has 0 N–H and O–H groups in total. The smallest absolute Gasteiger partial charge is 0.460 e. The molecule has 0 aromatic rings. The minimum atomic E-state index is -8.78. The molecule has 52 heavy (non-hydrogen) atoms.